The second-order valence-corrected chi connectivity index (χ2v) is 5.18. The van der Waals surface area contributed by atoms with Crippen LogP contribution >= 0.6 is 0 Å². The summed E-state index contributed by atoms with van der Waals surface area (Å²) in [6, 6.07) is -0.529. The molecule has 0 saturated carbocycles. The third kappa shape index (κ3) is 7.43. The van der Waals surface area contributed by atoms with Crippen molar-refractivity contribution in [3.63, 3.8) is 0 Å². The highest BCUT2D eigenvalue weighted by molar-refractivity contribution is 5.94. The molecule has 6 nitrogen and oxygen atoms in total. The molecule has 6 heteroatoms. The summed E-state index contributed by atoms with van der Waals surface area (Å²) in [4.78, 5) is 33.6. The zero-order chi connectivity index (χ0) is 15.1. The molecular formula is C13H24N2O4. The van der Waals surface area contributed by atoms with Crippen molar-refractivity contribution in [1.29, 1.82) is 0 Å². The highest BCUT2D eigenvalue weighted by Gasteiger charge is 2.23. The molecule has 110 valence electrons. The van der Waals surface area contributed by atoms with Crippen LogP contribution in [-0.4, -0.2) is 28.6 Å². The number of carbonyl (C=O) groups excluding carboxylic acids is 2. The maximum atomic E-state index is 11.6. The summed E-state index contributed by atoms with van der Waals surface area (Å²) in [5.74, 6) is -1.70. The third-order valence-corrected chi connectivity index (χ3v) is 3.29. The highest BCUT2D eigenvalue weighted by Crippen LogP contribution is 2.13. The first-order valence-electron chi connectivity index (χ1n) is 6.56. The normalized spacial score (nSPS) is 12.6. The van der Waals surface area contributed by atoms with E-state index in [4.69, 9.17) is 5.11 Å². The van der Waals surface area contributed by atoms with Crippen LogP contribution in [0.4, 0.5) is 4.79 Å². The van der Waals surface area contributed by atoms with Crippen molar-refractivity contribution in [2.45, 2.75) is 58.9 Å². The van der Waals surface area contributed by atoms with Gasteiger partial charge in [-0.15, -0.1) is 0 Å². The number of carboxylic acid groups (broad SMARTS) is 1. The molecule has 0 aromatic carbocycles. The average Bonchev–Trinajstić information content (AvgIpc) is 2.26. The van der Waals surface area contributed by atoms with Crippen LogP contribution in [0.25, 0.3) is 0 Å². The smallest absolute Gasteiger partial charge is 0.321 e. The van der Waals surface area contributed by atoms with E-state index in [0.717, 1.165) is 12.8 Å². The van der Waals surface area contributed by atoms with Crippen LogP contribution in [0.15, 0.2) is 0 Å². The monoisotopic (exact) mass is 272 g/mol. The molecule has 0 aromatic rings. The lowest BCUT2D eigenvalue weighted by Gasteiger charge is -2.28. The van der Waals surface area contributed by atoms with E-state index in [-0.39, 0.29) is 24.3 Å². The molecule has 0 aliphatic heterocycles. The molecule has 0 rings (SSSR count). The summed E-state index contributed by atoms with van der Waals surface area (Å²) in [6.07, 6.45) is 1.46. The average molecular weight is 272 g/mol. The van der Waals surface area contributed by atoms with Crippen molar-refractivity contribution >= 4 is 17.9 Å². The number of amides is 3. The van der Waals surface area contributed by atoms with Gasteiger partial charge in [0.15, 0.2) is 0 Å². The Morgan fingerprint density at radius 2 is 1.68 bits per heavy atom. The number of nitrogens with one attached hydrogen (secondary N) is 2. The SMILES string of the molecule is CCC(C)(CC)NC(=O)NC(=O)CC(C)CC(=O)O. The van der Waals surface area contributed by atoms with E-state index in [1.165, 1.54) is 0 Å². The van der Waals surface area contributed by atoms with Gasteiger partial charge in [0.05, 0.1) is 0 Å². The summed E-state index contributed by atoms with van der Waals surface area (Å²) in [7, 11) is 0. The van der Waals surface area contributed by atoms with E-state index >= 15 is 0 Å². The number of aliphatic carboxylic acids is 1. The molecule has 0 heterocycles. The zero-order valence-corrected chi connectivity index (χ0v) is 12.1. The maximum Gasteiger partial charge on any atom is 0.321 e. The van der Waals surface area contributed by atoms with Crippen LogP contribution in [-0.2, 0) is 9.59 Å². The summed E-state index contributed by atoms with van der Waals surface area (Å²) < 4.78 is 0. The number of hydrogen-bond acceptors (Lipinski definition) is 3. The molecule has 1 atom stereocenters. The van der Waals surface area contributed by atoms with Crippen molar-refractivity contribution in [1.82, 2.24) is 10.6 Å². The second kappa shape index (κ2) is 7.76. The summed E-state index contributed by atoms with van der Waals surface area (Å²) >= 11 is 0. The Morgan fingerprint density at radius 3 is 2.11 bits per heavy atom. The molecule has 3 N–H and O–H groups in total. The minimum atomic E-state index is -0.950. The fourth-order valence-electron chi connectivity index (χ4n) is 1.60. The molecule has 0 aromatic heterocycles. The summed E-state index contributed by atoms with van der Waals surface area (Å²) in [5.41, 5.74) is -0.336. The first-order chi connectivity index (χ1) is 8.72. The standard InChI is InChI=1S/C13H24N2O4/c1-5-13(4,6-2)15-12(19)14-10(16)7-9(3)8-11(17)18/h9H,5-8H2,1-4H3,(H,17,18)(H2,14,15,16,19). The van der Waals surface area contributed by atoms with Gasteiger partial charge >= 0.3 is 12.0 Å². The molecule has 0 radical (unpaired) electrons. The number of rotatable bonds is 7. The van der Waals surface area contributed by atoms with Gasteiger partial charge in [0.1, 0.15) is 0 Å². The Balaban J connectivity index is 4.19. The van der Waals surface area contributed by atoms with Gasteiger partial charge in [0, 0.05) is 18.4 Å². The first kappa shape index (κ1) is 17.4. The largest absolute Gasteiger partial charge is 0.481 e. The number of carbonyl (C=O) groups is 3. The third-order valence-electron chi connectivity index (χ3n) is 3.29. The molecule has 3 amide bonds. The Labute approximate surface area is 113 Å². The van der Waals surface area contributed by atoms with Crippen molar-refractivity contribution in [3.05, 3.63) is 0 Å². The fourth-order valence-corrected chi connectivity index (χ4v) is 1.60. The number of carboxylic acids is 1. The summed E-state index contributed by atoms with van der Waals surface area (Å²) in [6.45, 7) is 7.49. The van der Waals surface area contributed by atoms with Gasteiger partial charge < -0.3 is 10.4 Å². The predicted molar refractivity (Wildman–Crippen MR) is 71.7 cm³/mol. The highest BCUT2D eigenvalue weighted by atomic mass is 16.4. The van der Waals surface area contributed by atoms with Gasteiger partial charge in [-0.1, -0.05) is 20.8 Å². The van der Waals surface area contributed by atoms with E-state index < -0.39 is 17.9 Å². The van der Waals surface area contributed by atoms with E-state index in [1.54, 1.807) is 6.92 Å². The Hall–Kier alpha value is -1.59. The Kier molecular flexibility index (Phi) is 7.11. The van der Waals surface area contributed by atoms with Crippen LogP contribution in [0.1, 0.15) is 53.4 Å². The van der Waals surface area contributed by atoms with Crippen LogP contribution < -0.4 is 10.6 Å². The quantitative estimate of drug-likeness (QED) is 0.659. The molecule has 0 saturated heterocycles. The van der Waals surface area contributed by atoms with Crippen molar-refractivity contribution in [3.8, 4) is 0 Å². The predicted octanol–water partition coefficient (Wildman–Crippen LogP) is 1.89. The molecule has 19 heavy (non-hydrogen) atoms. The van der Waals surface area contributed by atoms with Crippen molar-refractivity contribution in [2.24, 2.45) is 5.92 Å². The molecular weight excluding hydrogens is 248 g/mol. The maximum absolute atomic E-state index is 11.6. The van der Waals surface area contributed by atoms with Gasteiger partial charge in [-0.25, -0.2) is 4.79 Å². The Morgan fingerprint density at radius 1 is 1.16 bits per heavy atom. The van der Waals surface area contributed by atoms with E-state index in [0.29, 0.717) is 0 Å². The van der Waals surface area contributed by atoms with E-state index in [2.05, 4.69) is 10.6 Å². The van der Waals surface area contributed by atoms with E-state index in [9.17, 15) is 14.4 Å². The second-order valence-electron chi connectivity index (χ2n) is 5.18. The van der Waals surface area contributed by atoms with Gasteiger partial charge in [-0.2, -0.15) is 0 Å². The lowest BCUT2D eigenvalue weighted by Crippen LogP contribution is -2.51. The van der Waals surface area contributed by atoms with Crippen molar-refractivity contribution in [2.75, 3.05) is 0 Å². The zero-order valence-electron chi connectivity index (χ0n) is 12.1. The van der Waals surface area contributed by atoms with Gasteiger partial charge in [-0.3, -0.25) is 14.9 Å². The molecule has 0 aliphatic rings. The molecule has 0 bridgehead atoms. The Bertz CT molecular complexity index is 338. The van der Waals surface area contributed by atoms with Crippen LogP contribution in [0.5, 0.6) is 0 Å². The summed E-state index contributed by atoms with van der Waals surface area (Å²) in [5, 5.41) is 13.6. The fraction of sp³-hybridized carbons (Fsp3) is 0.769. The van der Waals surface area contributed by atoms with Crippen LogP contribution in [0.2, 0.25) is 0 Å². The molecule has 0 fully saturated rings. The molecule has 1 unspecified atom stereocenters. The first-order valence-corrected chi connectivity index (χ1v) is 6.56. The number of urea groups is 1. The minimum absolute atomic E-state index is 0.0225. The van der Waals surface area contributed by atoms with Gasteiger partial charge in [-0.05, 0) is 25.7 Å². The van der Waals surface area contributed by atoms with Gasteiger partial charge in [0.2, 0.25) is 5.91 Å². The lowest BCUT2D eigenvalue weighted by atomic mass is 9.96. The van der Waals surface area contributed by atoms with E-state index in [1.807, 2.05) is 20.8 Å². The topological polar surface area (TPSA) is 95.5 Å². The van der Waals surface area contributed by atoms with Crippen LogP contribution in [0, 0.1) is 5.92 Å². The van der Waals surface area contributed by atoms with Gasteiger partial charge in [0.25, 0.3) is 0 Å². The van der Waals surface area contributed by atoms with Crippen molar-refractivity contribution < 1.29 is 19.5 Å². The minimum Gasteiger partial charge on any atom is -0.481 e. The lowest BCUT2D eigenvalue weighted by molar-refractivity contribution is -0.138. The number of hydrogen-bond donors (Lipinski definition) is 3. The number of imide groups is 1. The van der Waals surface area contributed by atoms with Crippen LogP contribution in [0.3, 0.4) is 0 Å². The molecule has 0 spiro atoms. The molecule has 0 aliphatic carbocycles.